The van der Waals surface area contributed by atoms with Crippen LogP contribution in [0.3, 0.4) is 0 Å². The van der Waals surface area contributed by atoms with Crippen LogP contribution in [-0.2, 0) is 6.54 Å². The molecule has 3 aliphatic rings. The Balaban J connectivity index is 1.42. The van der Waals surface area contributed by atoms with E-state index >= 15 is 0 Å². The van der Waals surface area contributed by atoms with E-state index in [-0.39, 0.29) is 29.6 Å². The Bertz CT molecular complexity index is 1150. The number of nitrogens with zero attached hydrogens (tertiary/aromatic N) is 1. The first-order chi connectivity index (χ1) is 15.7. The molecule has 3 aromatic carbocycles. The number of benzene rings is 3. The number of nitrogens with one attached hydrogen (secondary N) is 2. The third-order valence-electron chi connectivity index (χ3n) is 6.60. The topological polar surface area (TPSA) is 45.8 Å². The molecule has 1 saturated heterocycles. The summed E-state index contributed by atoms with van der Waals surface area (Å²) in [5, 5.41) is 0. The summed E-state index contributed by atoms with van der Waals surface area (Å²) in [6.07, 6.45) is 0. The SMILES string of the molecule is Fc1ccc(C2NNC3c4cc5c(cc4N(Cc4ccccc4F)CC23)OCCO5)cc1. The molecule has 0 amide bonds. The summed E-state index contributed by atoms with van der Waals surface area (Å²) in [5.41, 5.74) is 10.6. The molecule has 3 heterocycles. The van der Waals surface area contributed by atoms with E-state index in [0.29, 0.717) is 37.6 Å². The average molecular weight is 435 g/mol. The Morgan fingerprint density at radius 2 is 1.59 bits per heavy atom. The molecular formula is C25H23F2N3O2. The van der Waals surface area contributed by atoms with Crippen LogP contribution in [0.2, 0.25) is 0 Å². The van der Waals surface area contributed by atoms with Gasteiger partial charge in [-0.1, -0.05) is 30.3 Å². The molecule has 0 saturated carbocycles. The van der Waals surface area contributed by atoms with E-state index in [2.05, 4.69) is 15.8 Å². The lowest BCUT2D eigenvalue weighted by Gasteiger charge is -2.40. The van der Waals surface area contributed by atoms with Gasteiger partial charge in [0.1, 0.15) is 24.8 Å². The Labute approximate surface area is 184 Å². The van der Waals surface area contributed by atoms with Crippen molar-refractivity contribution >= 4 is 5.69 Å². The number of hydrogen-bond acceptors (Lipinski definition) is 5. The highest BCUT2D eigenvalue weighted by Crippen LogP contribution is 2.49. The van der Waals surface area contributed by atoms with Crippen LogP contribution in [0, 0.1) is 17.6 Å². The van der Waals surface area contributed by atoms with Crippen molar-refractivity contribution < 1.29 is 18.3 Å². The van der Waals surface area contributed by atoms with Gasteiger partial charge >= 0.3 is 0 Å². The molecule has 3 atom stereocenters. The van der Waals surface area contributed by atoms with Crippen molar-refractivity contribution in [3.8, 4) is 11.5 Å². The molecule has 0 radical (unpaired) electrons. The van der Waals surface area contributed by atoms with Crippen LogP contribution >= 0.6 is 0 Å². The maximum absolute atomic E-state index is 14.5. The lowest BCUT2D eigenvalue weighted by Crippen LogP contribution is -2.39. The van der Waals surface area contributed by atoms with E-state index in [1.165, 1.54) is 18.2 Å². The molecule has 7 heteroatoms. The lowest BCUT2D eigenvalue weighted by atomic mass is 9.81. The fourth-order valence-corrected chi connectivity index (χ4v) is 5.06. The molecule has 32 heavy (non-hydrogen) atoms. The molecule has 6 rings (SSSR count). The number of rotatable bonds is 3. The molecule has 5 nitrogen and oxygen atoms in total. The van der Waals surface area contributed by atoms with Gasteiger partial charge in [0.15, 0.2) is 11.5 Å². The van der Waals surface area contributed by atoms with Gasteiger partial charge in [-0.3, -0.25) is 0 Å². The van der Waals surface area contributed by atoms with Crippen LogP contribution in [0.4, 0.5) is 14.5 Å². The molecule has 3 aliphatic heterocycles. The second-order valence-corrected chi connectivity index (χ2v) is 8.49. The normalized spacial score (nSPS) is 23.6. The predicted molar refractivity (Wildman–Crippen MR) is 117 cm³/mol. The van der Waals surface area contributed by atoms with Crippen LogP contribution in [0.5, 0.6) is 11.5 Å². The van der Waals surface area contributed by atoms with Gasteiger partial charge < -0.3 is 14.4 Å². The smallest absolute Gasteiger partial charge is 0.163 e. The van der Waals surface area contributed by atoms with Gasteiger partial charge in [0.2, 0.25) is 0 Å². The Morgan fingerprint density at radius 3 is 2.38 bits per heavy atom. The van der Waals surface area contributed by atoms with E-state index in [9.17, 15) is 8.78 Å². The van der Waals surface area contributed by atoms with E-state index in [0.717, 1.165) is 22.6 Å². The number of fused-ring (bicyclic) bond motifs is 4. The number of ether oxygens (including phenoxy) is 2. The van der Waals surface area contributed by atoms with Crippen molar-refractivity contribution in [3.05, 3.63) is 89.0 Å². The van der Waals surface area contributed by atoms with Gasteiger partial charge in [0, 0.05) is 36.3 Å². The predicted octanol–water partition coefficient (Wildman–Crippen LogP) is 4.26. The fourth-order valence-electron chi connectivity index (χ4n) is 5.06. The van der Waals surface area contributed by atoms with Crippen LogP contribution in [0.1, 0.15) is 28.8 Å². The minimum absolute atomic E-state index is 0.00919. The molecule has 3 unspecified atom stereocenters. The van der Waals surface area contributed by atoms with E-state index in [4.69, 9.17) is 9.47 Å². The minimum Gasteiger partial charge on any atom is -0.486 e. The summed E-state index contributed by atoms with van der Waals surface area (Å²) >= 11 is 0. The maximum atomic E-state index is 14.5. The van der Waals surface area contributed by atoms with Crippen molar-refractivity contribution in [2.24, 2.45) is 5.92 Å². The third-order valence-corrected chi connectivity index (χ3v) is 6.60. The Morgan fingerprint density at radius 1 is 0.875 bits per heavy atom. The largest absolute Gasteiger partial charge is 0.486 e. The van der Waals surface area contributed by atoms with Crippen LogP contribution in [-0.4, -0.2) is 19.8 Å². The number of anilines is 1. The van der Waals surface area contributed by atoms with Crippen LogP contribution in [0.15, 0.2) is 60.7 Å². The quantitative estimate of drug-likeness (QED) is 0.644. The van der Waals surface area contributed by atoms with Gasteiger partial charge in [-0.15, -0.1) is 0 Å². The van der Waals surface area contributed by atoms with Crippen LogP contribution < -0.4 is 25.2 Å². The summed E-state index contributed by atoms with van der Waals surface area (Å²) in [6.45, 7) is 2.17. The number of halogens is 2. The van der Waals surface area contributed by atoms with Crippen LogP contribution in [0.25, 0.3) is 0 Å². The first-order valence-electron chi connectivity index (χ1n) is 10.9. The van der Waals surface area contributed by atoms with Crippen molar-refractivity contribution in [2.45, 2.75) is 18.6 Å². The summed E-state index contributed by atoms with van der Waals surface area (Å²) in [4.78, 5) is 2.21. The standard InChI is InChI=1S/C25H23F2N3O2/c26-17-7-5-15(6-8-17)24-19-14-30(13-16-3-1-2-4-20(16)27)21-12-23-22(31-9-10-32-23)11-18(21)25(19)29-28-24/h1-8,11-12,19,24-25,28-29H,9-10,13-14H2. The van der Waals surface area contributed by atoms with Gasteiger partial charge in [0.05, 0.1) is 12.1 Å². The second kappa shape index (κ2) is 7.76. The maximum Gasteiger partial charge on any atom is 0.163 e. The monoisotopic (exact) mass is 435 g/mol. The highest BCUT2D eigenvalue weighted by molar-refractivity contribution is 5.65. The molecule has 0 aromatic heterocycles. The van der Waals surface area contributed by atoms with E-state index in [1.807, 2.05) is 36.4 Å². The van der Waals surface area contributed by atoms with E-state index in [1.54, 1.807) is 6.07 Å². The highest BCUT2D eigenvalue weighted by atomic mass is 19.1. The van der Waals surface area contributed by atoms with Gasteiger partial charge in [-0.25, -0.2) is 19.6 Å². The van der Waals surface area contributed by atoms with Gasteiger partial charge in [-0.05, 0) is 35.4 Å². The molecule has 3 aromatic rings. The molecular weight excluding hydrogens is 412 g/mol. The van der Waals surface area contributed by atoms with Crippen molar-refractivity contribution in [2.75, 3.05) is 24.7 Å². The molecule has 1 fully saturated rings. The third kappa shape index (κ3) is 3.29. The Kier molecular flexibility index (Phi) is 4.73. The average Bonchev–Trinajstić information content (AvgIpc) is 3.24. The molecule has 2 N–H and O–H groups in total. The van der Waals surface area contributed by atoms with Crippen molar-refractivity contribution in [3.63, 3.8) is 0 Å². The zero-order valence-corrected chi connectivity index (χ0v) is 17.4. The summed E-state index contributed by atoms with van der Waals surface area (Å²) in [6, 6.07) is 17.6. The van der Waals surface area contributed by atoms with Crippen molar-refractivity contribution in [1.29, 1.82) is 0 Å². The fraction of sp³-hybridized carbons (Fsp3) is 0.280. The number of hydrazine groups is 1. The zero-order chi connectivity index (χ0) is 21.7. The molecule has 0 aliphatic carbocycles. The first-order valence-corrected chi connectivity index (χ1v) is 10.9. The highest BCUT2D eigenvalue weighted by Gasteiger charge is 2.44. The van der Waals surface area contributed by atoms with Gasteiger partial charge in [0.25, 0.3) is 0 Å². The minimum atomic E-state index is -0.254. The zero-order valence-electron chi connectivity index (χ0n) is 17.4. The summed E-state index contributed by atoms with van der Waals surface area (Å²) in [7, 11) is 0. The second-order valence-electron chi connectivity index (χ2n) is 8.49. The summed E-state index contributed by atoms with van der Waals surface area (Å²) in [5.74, 6) is 1.13. The first kappa shape index (κ1) is 19.5. The summed E-state index contributed by atoms with van der Waals surface area (Å²) < 4.78 is 39.7. The molecule has 164 valence electrons. The van der Waals surface area contributed by atoms with Crippen molar-refractivity contribution in [1.82, 2.24) is 10.9 Å². The number of hydrogen-bond donors (Lipinski definition) is 2. The Hall–Kier alpha value is -3.16. The molecule has 0 bridgehead atoms. The van der Waals surface area contributed by atoms with Gasteiger partial charge in [-0.2, -0.15) is 0 Å². The lowest BCUT2D eigenvalue weighted by molar-refractivity contribution is 0.171. The van der Waals surface area contributed by atoms with E-state index < -0.39 is 0 Å². The molecule has 0 spiro atoms.